The molecule has 25 heavy (non-hydrogen) atoms. The van der Waals surface area contributed by atoms with Crippen LogP contribution >= 0.6 is 0 Å². The highest BCUT2D eigenvalue weighted by atomic mass is 16.5. The van der Waals surface area contributed by atoms with Crippen molar-refractivity contribution in [1.29, 1.82) is 0 Å². The van der Waals surface area contributed by atoms with E-state index in [1.54, 1.807) is 31.4 Å². The van der Waals surface area contributed by atoms with Crippen molar-refractivity contribution in [1.82, 2.24) is 0 Å². The first kappa shape index (κ1) is 18.3. The average Bonchev–Trinajstić information content (AvgIpc) is 2.64. The highest BCUT2D eigenvalue weighted by molar-refractivity contribution is 5.94. The summed E-state index contributed by atoms with van der Waals surface area (Å²) in [6.45, 7) is 1.50. The number of ketones is 1. The minimum Gasteiger partial charge on any atom is -0.497 e. The van der Waals surface area contributed by atoms with Gasteiger partial charge in [-0.25, -0.2) is 4.79 Å². The zero-order valence-corrected chi connectivity index (χ0v) is 14.4. The summed E-state index contributed by atoms with van der Waals surface area (Å²) in [5, 5.41) is 0. The van der Waals surface area contributed by atoms with Crippen molar-refractivity contribution >= 4 is 17.8 Å². The van der Waals surface area contributed by atoms with Crippen LogP contribution in [-0.4, -0.2) is 26.0 Å². The van der Waals surface area contributed by atoms with Crippen LogP contribution < -0.4 is 9.47 Å². The standard InChI is InChI=1S/C20H20O5/c1-14(21)16-8-9-19(24-3)17(12-16)13-25-20(22)10-7-15-5-4-6-18(11-15)23-2/h4-12H,13H2,1-3H3. The summed E-state index contributed by atoms with van der Waals surface area (Å²) in [4.78, 5) is 23.4. The highest BCUT2D eigenvalue weighted by Crippen LogP contribution is 2.21. The molecule has 5 heteroatoms. The number of methoxy groups -OCH3 is 2. The minimum absolute atomic E-state index is 0.0194. The molecule has 0 radical (unpaired) electrons. The summed E-state index contributed by atoms with van der Waals surface area (Å²) in [6, 6.07) is 12.3. The van der Waals surface area contributed by atoms with Crippen LogP contribution in [-0.2, 0) is 16.1 Å². The topological polar surface area (TPSA) is 61.8 Å². The Morgan fingerprint density at radius 3 is 2.52 bits per heavy atom. The van der Waals surface area contributed by atoms with E-state index >= 15 is 0 Å². The monoisotopic (exact) mass is 340 g/mol. The first-order chi connectivity index (χ1) is 12.0. The van der Waals surface area contributed by atoms with Crippen molar-refractivity contribution in [2.45, 2.75) is 13.5 Å². The molecule has 0 bridgehead atoms. The van der Waals surface area contributed by atoms with Gasteiger partial charge in [-0.15, -0.1) is 0 Å². The smallest absolute Gasteiger partial charge is 0.331 e. The molecule has 0 aliphatic rings. The average molecular weight is 340 g/mol. The fourth-order valence-electron chi connectivity index (χ4n) is 2.22. The van der Waals surface area contributed by atoms with Gasteiger partial charge in [-0.3, -0.25) is 4.79 Å². The number of esters is 1. The van der Waals surface area contributed by atoms with Gasteiger partial charge < -0.3 is 14.2 Å². The quantitative estimate of drug-likeness (QED) is 0.437. The molecule has 2 aromatic carbocycles. The molecule has 0 amide bonds. The Morgan fingerprint density at radius 2 is 1.84 bits per heavy atom. The lowest BCUT2D eigenvalue weighted by molar-refractivity contribution is -0.138. The molecule has 0 N–H and O–H groups in total. The number of hydrogen-bond donors (Lipinski definition) is 0. The van der Waals surface area contributed by atoms with Crippen LogP contribution in [0.2, 0.25) is 0 Å². The molecule has 5 nitrogen and oxygen atoms in total. The van der Waals surface area contributed by atoms with Crippen molar-refractivity contribution < 1.29 is 23.8 Å². The molecule has 0 spiro atoms. The normalized spacial score (nSPS) is 10.5. The molecule has 0 saturated carbocycles. The maximum absolute atomic E-state index is 11.9. The van der Waals surface area contributed by atoms with Crippen molar-refractivity contribution in [3.63, 3.8) is 0 Å². The second kappa shape index (κ2) is 8.68. The fourth-order valence-corrected chi connectivity index (χ4v) is 2.22. The highest BCUT2D eigenvalue weighted by Gasteiger charge is 2.09. The van der Waals surface area contributed by atoms with Crippen LogP contribution in [0.5, 0.6) is 11.5 Å². The number of Topliss-reactive ketones (excluding diaryl/α,β-unsaturated/α-hetero) is 1. The molecular weight excluding hydrogens is 320 g/mol. The van der Waals surface area contributed by atoms with Gasteiger partial charge in [-0.05, 0) is 48.9 Å². The minimum atomic E-state index is -0.488. The Balaban J connectivity index is 2.03. The summed E-state index contributed by atoms with van der Waals surface area (Å²) in [6.07, 6.45) is 2.99. The van der Waals surface area contributed by atoms with Crippen molar-refractivity contribution in [2.24, 2.45) is 0 Å². The van der Waals surface area contributed by atoms with Crippen molar-refractivity contribution in [3.05, 3.63) is 65.2 Å². The lowest BCUT2D eigenvalue weighted by atomic mass is 10.1. The third-order valence-electron chi connectivity index (χ3n) is 3.56. The van der Waals surface area contributed by atoms with Crippen LogP contribution in [0, 0.1) is 0 Å². The number of rotatable bonds is 7. The predicted molar refractivity (Wildman–Crippen MR) is 94.8 cm³/mol. The van der Waals surface area contributed by atoms with Gasteiger partial charge in [-0.2, -0.15) is 0 Å². The molecule has 0 fully saturated rings. The summed E-state index contributed by atoms with van der Waals surface area (Å²) in [5.41, 5.74) is 2.00. The van der Waals surface area contributed by atoms with Gasteiger partial charge in [0.1, 0.15) is 18.1 Å². The molecule has 0 aliphatic carbocycles. The van der Waals surface area contributed by atoms with Gasteiger partial charge in [0.05, 0.1) is 14.2 Å². The Hall–Kier alpha value is -3.08. The fraction of sp³-hybridized carbons (Fsp3) is 0.200. The van der Waals surface area contributed by atoms with Gasteiger partial charge >= 0.3 is 5.97 Å². The number of hydrogen-bond acceptors (Lipinski definition) is 5. The van der Waals surface area contributed by atoms with E-state index in [0.717, 1.165) is 5.56 Å². The second-order valence-corrected chi connectivity index (χ2v) is 5.30. The van der Waals surface area contributed by atoms with E-state index in [-0.39, 0.29) is 12.4 Å². The lowest BCUT2D eigenvalue weighted by Gasteiger charge is -2.09. The van der Waals surface area contributed by atoms with E-state index in [1.165, 1.54) is 20.1 Å². The maximum atomic E-state index is 11.9. The van der Waals surface area contributed by atoms with E-state index < -0.39 is 5.97 Å². The van der Waals surface area contributed by atoms with Crippen LogP contribution in [0.3, 0.4) is 0 Å². The maximum Gasteiger partial charge on any atom is 0.331 e. The van der Waals surface area contributed by atoms with Gasteiger partial charge in [0.25, 0.3) is 0 Å². The summed E-state index contributed by atoms with van der Waals surface area (Å²) in [7, 11) is 3.11. The summed E-state index contributed by atoms with van der Waals surface area (Å²) >= 11 is 0. The predicted octanol–water partition coefficient (Wildman–Crippen LogP) is 3.66. The molecule has 0 aliphatic heterocycles. The van der Waals surface area contributed by atoms with E-state index in [9.17, 15) is 9.59 Å². The Labute approximate surface area is 146 Å². The van der Waals surface area contributed by atoms with Crippen LogP contribution in [0.25, 0.3) is 6.08 Å². The Bertz CT molecular complexity index is 792. The molecule has 0 saturated heterocycles. The van der Waals surface area contributed by atoms with E-state index in [2.05, 4.69) is 0 Å². The number of benzene rings is 2. The second-order valence-electron chi connectivity index (χ2n) is 5.30. The molecule has 2 aromatic rings. The van der Waals surface area contributed by atoms with Crippen LogP contribution in [0.1, 0.15) is 28.4 Å². The third-order valence-corrected chi connectivity index (χ3v) is 3.56. The zero-order valence-electron chi connectivity index (χ0n) is 14.4. The molecule has 130 valence electrons. The largest absolute Gasteiger partial charge is 0.497 e. The Kier molecular flexibility index (Phi) is 6.34. The molecule has 0 heterocycles. The van der Waals surface area contributed by atoms with E-state index in [1.807, 2.05) is 24.3 Å². The van der Waals surface area contributed by atoms with E-state index in [0.29, 0.717) is 22.6 Å². The van der Waals surface area contributed by atoms with Gasteiger partial charge in [-0.1, -0.05) is 12.1 Å². The molecular formula is C20H20O5. The molecule has 0 unspecified atom stereocenters. The van der Waals surface area contributed by atoms with Crippen LogP contribution in [0.4, 0.5) is 0 Å². The first-order valence-corrected chi connectivity index (χ1v) is 7.70. The van der Waals surface area contributed by atoms with Gasteiger partial charge in [0, 0.05) is 17.2 Å². The number of carbonyl (C=O) groups excluding carboxylic acids is 2. The first-order valence-electron chi connectivity index (χ1n) is 7.70. The third kappa shape index (κ3) is 5.21. The van der Waals surface area contributed by atoms with Crippen molar-refractivity contribution in [3.8, 4) is 11.5 Å². The number of ether oxygens (including phenoxy) is 3. The van der Waals surface area contributed by atoms with Crippen molar-refractivity contribution in [2.75, 3.05) is 14.2 Å². The summed E-state index contributed by atoms with van der Waals surface area (Å²) < 4.78 is 15.6. The molecule has 0 aromatic heterocycles. The Morgan fingerprint density at radius 1 is 1.04 bits per heavy atom. The van der Waals surface area contributed by atoms with Gasteiger partial charge in [0.2, 0.25) is 0 Å². The zero-order chi connectivity index (χ0) is 18.2. The van der Waals surface area contributed by atoms with E-state index in [4.69, 9.17) is 14.2 Å². The SMILES string of the molecule is COc1cccc(C=CC(=O)OCc2cc(C(C)=O)ccc2OC)c1. The van der Waals surface area contributed by atoms with Gasteiger partial charge in [0.15, 0.2) is 5.78 Å². The summed E-state index contributed by atoms with van der Waals surface area (Å²) in [5.74, 6) is 0.724. The number of carbonyl (C=O) groups is 2. The molecule has 0 atom stereocenters. The van der Waals surface area contributed by atoms with Crippen LogP contribution in [0.15, 0.2) is 48.5 Å². The lowest BCUT2D eigenvalue weighted by Crippen LogP contribution is -2.04. The molecule has 2 rings (SSSR count).